The summed E-state index contributed by atoms with van der Waals surface area (Å²) in [5, 5.41) is 2.13. The van der Waals surface area contributed by atoms with Crippen molar-refractivity contribution in [3.63, 3.8) is 0 Å². The molecular formula is C15H19NS. The molecule has 17 heavy (non-hydrogen) atoms. The Bertz CT molecular complexity index is 430. The SMILES string of the molecule is Cc1ccc(C(N)CCCc2cccs2)cc1. The van der Waals surface area contributed by atoms with Crippen LogP contribution in [-0.4, -0.2) is 0 Å². The van der Waals surface area contributed by atoms with Crippen molar-refractivity contribution in [2.75, 3.05) is 0 Å². The van der Waals surface area contributed by atoms with E-state index in [1.165, 1.54) is 16.0 Å². The van der Waals surface area contributed by atoms with E-state index in [1.54, 1.807) is 0 Å². The smallest absolute Gasteiger partial charge is 0.0294 e. The molecule has 0 aliphatic carbocycles. The van der Waals surface area contributed by atoms with Crippen molar-refractivity contribution in [1.29, 1.82) is 0 Å². The van der Waals surface area contributed by atoms with Crippen molar-refractivity contribution in [1.82, 2.24) is 0 Å². The molecule has 0 saturated heterocycles. The number of rotatable bonds is 5. The third-order valence-corrected chi connectivity index (χ3v) is 3.96. The van der Waals surface area contributed by atoms with E-state index < -0.39 is 0 Å². The fourth-order valence-corrected chi connectivity index (χ4v) is 2.68. The number of hydrogen-bond donors (Lipinski definition) is 1. The maximum absolute atomic E-state index is 6.19. The van der Waals surface area contributed by atoms with Crippen LogP contribution in [0.5, 0.6) is 0 Å². The highest BCUT2D eigenvalue weighted by atomic mass is 32.1. The lowest BCUT2D eigenvalue weighted by molar-refractivity contribution is 0.614. The third-order valence-electron chi connectivity index (χ3n) is 3.02. The Morgan fingerprint density at radius 1 is 1.18 bits per heavy atom. The molecule has 0 aliphatic rings. The summed E-state index contributed by atoms with van der Waals surface area (Å²) in [6, 6.07) is 13.0. The maximum atomic E-state index is 6.19. The van der Waals surface area contributed by atoms with Crippen molar-refractivity contribution in [2.45, 2.75) is 32.2 Å². The number of hydrogen-bond acceptors (Lipinski definition) is 2. The van der Waals surface area contributed by atoms with Gasteiger partial charge in [-0.05, 0) is 43.2 Å². The molecule has 1 aromatic carbocycles. The average Bonchev–Trinajstić information content (AvgIpc) is 2.83. The van der Waals surface area contributed by atoms with Crippen LogP contribution in [0.25, 0.3) is 0 Å². The van der Waals surface area contributed by atoms with Crippen LogP contribution in [0, 0.1) is 6.92 Å². The molecule has 0 spiro atoms. The summed E-state index contributed by atoms with van der Waals surface area (Å²) in [5.74, 6) is 0. The molecule has 1 aromatic heterocycles. The Morgan fingerprint density at radius 3 is 2.59 bits per heavy atom. The predicted octanol–water partition coefficient (Wildman–Crippen LogP) is 4.08. The van der Waals surface area contributed by atoms with E-state index in [-0.39, 0.29) is 6.04 Å². The molecule has 0 radical (unpaired) electrons. The zero-order chi connectivity index (χ0) is 12.1. The normalized spacial score (nSPS) is 12.6. The summed E-state index contributed by atoms with van der Waals surface area (Å²) in [4.78, 5) is 1.46. The first-order valence-electron chi connectivity index (χ1n) is 6.10. The monoisotopic (exact) mass is 245 g/mol. The first-order chi connectivity index (χ1) is 8.25. The van der Waals surface area contributed by atoms with Crippen molar-refractivity contribution in [3.8, 4) is 0 Å². The van der Waals surface area contributed by atoms with Gasteiger partial charge in [-0.3, -0.25) is 0 Å². The molecule has 90 valence electrons. The fraction of sp³-hybridized carbons (Fsp3) is 0.333. The van der Waals surface area contributed by atoms with Gasteiger partial charge < -0.3 is 5.73 Å². The van der Waals surface area contributed by atoms with Crippen LogP contribution in [0.2, 0.25) is 0 Å². The Morgan fingerprint density at radius 2 is 1.94 bits per heavy atom. The molecule has 1 nitrogen and oxygen atoms in total. The van der Waals surface area contributed by atoms with Crippen molar-refractivity contribution in [2.24, 2.45) is 5.73 Å². The molecule has 1 atom stereocenters. The van der Waals surface area contributed by atoms with Crippen molar-refractivity contribution >= 4 is 11.3 Å². The van der Waals surface area contributed by atoms with Gasteiger partial charge in [-0.25, -0.2) is 0 Å². The molecule has 1 unspecified atom stereocenters. The second-order valence-corrected chi connectivity index (χ2v) is 5.52. The lowest BCUT2D eigenvalue weighted by Crippen LogP contribution is -2.10. The summed E-state index contributed by atoms with van der Waals surface area (Å²) >= 11 is 1.83. The van der Waals surface area contributed by atoms with Gasteiger partial charge in [-0.1, -0.05) is 35.9 Å². The van der Waals surface area contributed by atoms with Crippen LogP contribution in [0.1, 0.15) is 34.9 Å². The Hall–Kier alpha value is -1.12. The molecular weight excluding hydrogens is 226 g/mol. The minimum absolute atomic E-state index is 0.176. The predicted molar refractivity (Wildman–Crippen MR) is 75.4 cm³/mol. The zero-order valence-corrected chi connectivity index (χ0v) is 11.0. The number of aryl methyl sites for hydroxylation is 2. The Kier molecular flexibility index (Phi) is 4.35. The maximum Gasteiger partial charge on any atom is 0.0294 e. The molecule has 2 heteroatoms. The molecule has 0 bridgehead atoms. The topological polar surface area (TPSA) is 26.0 Å². The molecule has 2 N–H and O–H groups in total. The zero-order valence-electron chi connectivity index (χ0n) is 10.2. The minimum Gasteiger partial charge on any atom is -0.324 e. The Labute approximate surface area is 107 Å². The van der Waals surface area contributed by atoms with Crippen LogP contribution in [0.3, 0.4) is 0 Å². The van der Waals surface area contributed by atoms with E-state index in [1.807, 2.05) is 11.3 Å². The highest BCUT2D eigenvalue weighted by molar-refractivity contribution is 7.09. The molecule has 2 aromatic rings. The van der Waals surface area contributed by atoms with Crippen molar-refractivity contribution in [3.05, 3.63) is 57.8 Å². The van der Waals surface area contributed by atoms with Gasteiger partial charge in [-0.2, -0.15) is 0 Å². The van der Waals surface area contributed by atoms with E-state index in [9.17, 15) is 0 Å². The summed E-state index contributed by atoms with van der Waals surface area (Å²) in [6.45, 7) is 2.10. The van der Waals surface area contributed by atoms with Gasteiger partial charge in [0.25, 0.3) is 0 Å². The van der Waals surface area contributed by atoms with Gasteiger partial charge in [-0.15, -0.1) is 11.3 Å². The van der Waals surface area contributed by atoms with E-state index in [0.717, 1.165) is 19.3 Å². The first kappa shape index (κ1) is 12.3. The summed E-state index contributed by atoms with van der Waals surface area (Å²) < 4.78 is 0. The largest absolute Gasteiger partial charge is 0.324 e. The van der Waals surface area contributed by atoms with E-state index in [4.69, 9.17) is 5.73 Å². The van der Waals surface area contributed by atoms with Crippen molar-refractivity contribution < 1.29 is 0 Å². The standard InChI is InChI=1S/C15H19NS/c1-12-7-9-13(10-8-12)15(16)6-2-4-14-5-3-11-17-14/h3,5,7-11,15H,2,4,6,16H2,1H3. The number of nitrogens with two attached hydrogens (primary N) is 1. The number of thiophene rings is 1. The summed E-state index contributed by atoms with van der Waals surface area (Å²) in [5.41, 5.74) is 8.73. The third kappa shape index (κ3) is 3.69. The lowest BCUT2D eigenvalue weighted by atomic mass is 10.0. The van der Waals surface area contributed by atoms with Crippen LogP contribution in [0.15, 0.2) is 41.8 Å². The van der Waals surface area contributed by atoms with Crippen LogP contribution >= 0.6 is 11.3 Å². The molecule has 0 amide bonds. The molecule has 0 fully saturated rings. The molecule has 1 heterocycles. The lowest BCUT2D eigenvalue weighted by Gasteiger charge is -2.11. The van der Waals surface area contributed by atoms with Gasteiger partial charge in [0.15, 0.2) is 0 Å². The van der Waals surface area contributed by atoms with Crippen LogP contribution < -0.4 is 5.73 Å². The quantitative estimate of drug-likeness (QED) is 0.844. The second kappa shape index (κ2) is 5.99. The highest BCUT2D eigenvalue weighted by Crippen LogP contribution is 2.19. The van der Waals surface area contributed by atoms with E-state index in [0.29, 0.717) is 0 Å². The first-order valence-corrected chi connectivity index (χ1v) is 6.98. The molecule has 0 aliphatic heterocycles. The van der Waals surface area contributed by atoms with E-state index in [2.05, 4.69) is 48.7 Å². The molecule has 0 saturated carbocycles. The van der Waals surface area contributed by atoms with Crippen LogP contribution in [0.4, 0.5) is 0 Å². The van der Waals surface area contributed by atoms with Gasteiger partial charge in [0.1, 0.15) is 0 Å². The van der Waals surface area contributed by atoms with Gasteiger partial charge in [0.05, 0.1) is 0 Å². The van der Waals surface area contributed by atoms with Gasteiger partial charge >= 0.3 is 0 Å². The summed E-state index contributed by atoms with van der Waals surface area (Å²) in [6.07, 6.45) is 3.37. The summed E-state index contributed by atoms with van der Waals surface area (Å²) in [7, 11) is 0. The van der Waals surface area contributed by atoms with E-state index >= 15 is 0 Å². The fourth-order valence-electron chi connectivity index (χ4n) is 1.93. The van der Waals surface area contributed by atoms with Gasteiger partial charge in [0, 0.05) is 10.9 Å². The molecule has 2 rings (SSSR count). The minimum atomic E-state index is 0.176. The Balaban J connectivity index is 1.81. The average molecular weight is 245 g/mol. The second-order valence-electron chi connectivity index (χ2n) is 4.49. The number of benzene rings is 1. The highest BCUT2D eigenvalue weighted by Gasteiger charge is 2.05. The van der Waals surface area contributed by atoms with Crippen LogP contribution in [-0.2, 0) is 6.42 Å². The van der Waals surface area contributed by atoms with Gasteiger partial charge in [0.2, 0.25) is 0 Å².